The maximum atomic E-state index is 15.2. The van der Waals surface area contributed by atoms with E-state index >= 15 is 4.39 Å². The van der Waals surface area contributed by atoms with Gasteiger partial charge in [0.2, 0.25) is 0 Å². The number of esters is 2. The molecule has 4 rings (SSSR count). The number of nitrogens with one attached hydrogen (secondary N) is 1. The summed E-state index contributed by atoms with van der Waals surface area (Å²) in [5, 5.41) is 2.64. The predicted octanol–water partition coefficient (Wildman–Crippen LogP) is 3.55. The third-order valence-corrected chi connectivity index (χ3v) is 11.1. The van der Waals surface area contributed by atoms with Gasteiger partial charge in [-0.25, -0.2) is 26.0 Å². The Morgan fingerprint density at radius 2 is 1.72 bits per heavy atom. The lowest BCUT2D eigenvalue weighted by Crippen LogP contribution is -2.38. The molecule has 9 nitrogen and oxygen atoms in total. The van der Waals surface area contributed by atoms with Crippen LogP contribution in [0.25, 0.3) is 0 Å². The van der Waals surface area contributed by atoms with E-state index in [0.29, 0.717) is 0 Å². The molecule has 2 heterocycles. The number of ether oxygens (including phenoxy) is 2. The second kappa shape index (κ2) is 12.0. The topological polar surface area (TPSA) is 133 Å². The molecule has 1 atom stereocenters. The molecule has 39 heavy (non-hydrogen) atoms. The van der Waals surface area contributed by atoms with Gasteiger partial charge in [-0.3, -0.25) is 4.79 Å². The van der Waals surface area contributed by atoms with Crippen LogP contribution in [0.1, 0.15) is 56.9 Å². The summed E-state index contributed by atoms with van der Waals surface area (Å²) in [7, 11) is -7.83. The van der Waals surface area contributed by atoms with Gasteiger partial charge in [-0.15, -0.1) is 0 Å². The lowest BCUT2D eigenvalue weighted by Gasteiger charge is -2.33. The summed E-state index contributed by atoms with van der Waals surface area (Å²) in [5.74, 6) is -5.35. The molecule has 0 aromatic heterocycles. The van der Waals surface area contributed by atoms with Gasteiger partial charge < -0.3 is 14.8 Å². The molecule has 0 amide bonds. The van der Waals surface area contributed by atoms with E-state index in [9.17, 15) is 26.4 Å². The van der Waals surface area contributed by atoms with Crippen molar-refractivity contribution in [3.05, 3.63) is 56.5 Å². The molecule has 13 heteroatoms. The highest BCUT2D eigenvalue weighted by Gasteiger charge is 2.44. The molecular formula is C26H31ClFNO8S2. The average Bonchev–Trinajstić information content (AvgIpc) is 2.85. The van der Waals surface area contributed by atoms with Gasteiger partial charge in [-0.05, 0) is 38.3 Å². The molecule has 1 saturated carbocycles. The van der Waals surface area contributed by atoms with Crippen molar-refractivity contribution in [3.8, 4) is 0 Å². The number of carbonyl (C=O) groups excluding carboxylic acids is 2. The number of allylic oxidation sites excluding steroid dienone is 2. The Kier molecular flexibility index (Phi) is 9.07. The largest absolute Gasteiger partial charge is 0.462 e. The summed E-state index contributed by atoms with van der Waals surface area (Å²) in [6.45, 7) is 0.943. The number of sulfone groups is 2. The van der Waals surface area contributed by atoms with Crippen LogP contribution in [-0.4, -0.2) is 59.2 Å². The van der Waals surface area contributed by atoms with Crippen molar-refractivity contribution >= 4 is 43.2 Å². The zero-order chi connectivity index (χ0) is 28.4. The zero-order valence-electron chi connectivity index (χ0n) is 21.5. The molecule has 1 aliphatic carbocycles. The number of halogens is 2. The Balaban J connectivity index is 1.66. The third-order valence-electron chi connectivity index (χ3n) is 7.17. The lowest BCUT2D eigenvalue weighted by atomic mass is 9.86. The molecule has 1 N–H and O–H groups in total. The number of carbonyl (C=O) groups is 2. The van der Waals surface area contributed by atoms with Crippen LogP contribution in [0.15, 0.2) is 40.1 Å². The van der Waals surface area contributed by atoms with E-state index in [1.807, 2.05) is 0 Å². The quantitative estimate of drug-likeness (QED) is 0.383. The maximum absolute atomic E-state index is 15.2. The summed E-state index contributed by atoms with van der Waals surface area (Å²) >= 11 is 6.34. The predicted molar refractivity (Wildman–Crippen MR) is 143 cm³/mol. The van der Waals surface area contributed by atoms with Crippen LogP contribution in [0.5, 0.6) is 0 Å². The van der Waals surface area contributed by atoms with Crippen molar-refractivity contribution in [2.45, 2.75) is 51.4 Å². The van der Waals surface area contributed by atoms with Crippen molar-refractivity contribution in [1.29, 1.82) is 0 Å². The zero-order valence-corrected chi connectivity index (χ0v) is 23.9. The van der Waals surface area contributed by atoms with Crippen LogP contribution < -0.4 is 5.32 Å². The number of hydrogen-bond donors (Lipinski definition) is 1. The van der Waals surface area contributed by atoms with Crippen molar-refractivity contribution in [2.24, 2.45) is 5.92 Å². The minimum Gasteiger partial charge on any atom is -0.462 e. The standard InChI is InChI=1S/C26H31ClFNO8S2/c1-16-21(26(31)37-12-11-36-25(30)17-7-3-2-4-8-17)23(22-18(27)9-5-10-19(22)28)24-20(29-16)15-38(32,33)13-6-14-39(24,34)35/h5,9-10,17,23,29H,2-4,6-8,11-15H2,1H3. The highest BCUT2D eigenvalue weighted by atomic mass is 35.5. The Hall–Kier alpha value is -2.44. The van der Waals surface area contributed by atoms with Crippen molar-refractivity contribution in [3.63, 3.8) is 0 Å². The second-order valence-electron chi connectivity index (χ2n) is 9.98. The molecule has 3 aliphatic rings. The van der Waals surface area contributed by atoms with Gasteiger partial charge in [-0.2, -0.15) is 0 Å². The highest BCUT2D eigenvalue weighted by molar-refractivity contribution is 7.95. The fraction of sp³-hybridized carbons (Fsp3) is 0.538. The van der Waals surface area contributed by atoms with Gasteiger partial charge >= 0.3 is 11.9 Å². The molecule has 2 aliphatic heterocycles. The molecule has 0 saturated heterocycles. The van der Waals surface area contributed by atoms with Gasteiger partial charge in [0.05, 0.1) is 39.6 Å². The summed E-state index contributed by atoms with van der Waals surface area (Å²) in [6.07, 6.45) is 4.35. The molecule has 214 valence electrons. The number of benzene rings is 1. The van der Waals surface area contributed by atoms with Crippen molar-refractivity contribution in [2.75, 3.05) is 30.5 Å². The van der Waals surface area contributed by atoms with Crippen molar-refractivity contribution in [1.82, 2.24) is 5.32 Å². The first-order valence-corrected chi connectivity index (χ1v) is 16.7. The van der Waals surface area contributed by atoms with Crippen LogP contribution in [0, 0.1) is 11.7 Å². The van der Waals surface area contributed by atoms with Gasteiger partial charge in [0.1, 0.15) is 19.0 Å². The van der Waals surface area contributed by atoms with Crippen LogP contribution in [0.4, 0.5) is 4.39 Å². The maximum Gasteiger partial charge on any atom is 0.336 e. The Morgan fingerprint density at radius 3 is 2.41 bits per heavy atom. The van der Waals surface area contributed by atoms with E-state index in [1.54, 1.807) is 0 Å². The normalized spacial score (nSPS) is 23.2. The van der Waals surface area contributed by atoms with Gasteiger partial charge in [0.15, 0.2) is 19.7 Å². The number of dihydropyridines is 1. The van der Waals surface area contributed by atoms with Crippen LogP contribution in [0.2, 0.25) is 5.02 Å². The van der Waals surface area contributed by atoms with Gasteiger partial charge in [0.25, 0.3) is 0 Å². The van der Waals surface area contributed by atoms with Crippen molar-refractivity contribution < 1.29 is 40.3 Å². The fourth-order valence-corrected chi connectivity index (χ4v) is 9.15. The second-order valence-corrected chi connectivity index (χ2v) is 14.6. The van der Waals surface area contributed by atoms with E-state index in [0.717, 1.165) is 38.2 Å². The van der Waals surface area contributed by atoms with E-state index in [-0.39, 0.29) is 64.8 Å². The monoisotopic (exact) mass is 603 g/mol. The first-order valence-electron chi connectivity index (χ1n) is 12.8. The van der Waals surface area contributed by atoms with E-state index in [4.69, 9.17) is 21.1 Å². The molecule has 0 spiro atoms. The molecule has 0 bridgehead atoms. The molecule has 0 radical (unpaired) electrons. The van der Waals surface area contributed by atoms with Crippen LogP contribution in [-0.2, 0) is 38.7 Å². The Morgan fingerprint density at radius 1 is 1.03 bits per heavy atom. The lowest BCUT2D eigenvalue weighted by molar-refractivity contribution is -0.154. The number of rotatable bonds is 6. The Bertz CT molecular complexity index is 1410. The first-order chi connectivity index (χ1) is 18.4. The summed E-state index contributed by atoms with van der Waals surface area (Å²) in [4.78, 5) is 25.2. The molecule has 1 unspecified atom stereocenters. The minimum atomic E-state index is -4.15. The van der Waals surface area contributed by atoms with Crippen LogP contribution >= 0.6 is 11.6 Å². The fourth-order valence-electron chi connectivity index (χ4n) is 5.37. The molecule has 1 aromatic carbocycles. The van der Waals surface area contributed by atoms with Gasteiger partial charge in [0, 0.05) is 22.0 Å². The first kappa shape index (κ1) is 29.5. The third kappa shape index (κ3) is 6.66. The molecule has 1 aromatic rings. The average molecular weight is 604 g/mol. The van der Waals surface area contributed by atoms with E-state index < -0.39 is 53.8 Å². The summed E-state index contributed by atoms with van der Waals surface area (Å²) in [5.41, 5.74) is -0.534. The Labute approximate surface area is 232 Å². The van der Waals surface area contributed by atoms with E-state index in [2.05, 4.69) is 5.32 Å². The molecular weight excluding hydrogens is 573 g/mol. The van der Waals surface area contributed by atoms with E-state index in [1.165, 1.54) is 19.1 Å². The number of hydrogen-bond acceptors (Lipinski definition) is 9. The van der Waals surface area contributed by atoms with Crippen LogP contribution in [0.3, 0.4) is 0 Å². The smallest absolute Gasteiger partial charge is 0.336 e. The SMILES string of the molecule is CC1=C(C(=O)OCCOC(=O)C2CCCCC2)C(c2c(F)cccc2Cl)C2=C(CS(=O)(=O)CCCS2(=O)=O)N1. The highest BCUT2D eigenvalue weighted by Crippen LogP contribution is 2.45. The van der Waals surface area contributed by atoms with Gasteiger partial charge in [-0.1, -0.05) is 36.9 Å². The summed E-state index contributed by atoms with van der Waals surface area (Å²) in [6, 6.07) is 3.78. The minimum absolute atomic E-state index is 0.105. The summed E-state index contributed by atoms with van der Waals surface area (Å²) < 4.78 is 78.0. The molecule has 1 fully saturated rings.